The van der Waals surface area contributed by atoms with Crippen molar-refractivity contribution in [2.45, 2.75) is 44.5 Å². The predicted molar refractivity (Wildman–Crippen MR) is 90.0 cm³/mol. The number of carbonyl (C=O) groups is 3. The van der Waals surface area contributed by atoms with Crippen LogP contribution in [0.1, 0.15) is 20.8 Å². The standard InChI is InChI=1S/C17H20O7S/c1-10(18)21-14-9-25-17(24-13-7-5-4-6-8-13)16(23-12(3)20)15(14)22-11(2)19/h4-8,14-17H,9H2,1-3H3/t14-,15+,16-,17-/m1/s1. The van der Waals surface area contributed by atoms with Crippen LogP contribution in [-0.4, -0.2) is 47.4 Å². The molecule has 0 aromatic heterocycles. The molecule has 0 amide bonds. The van der Waals surface area contributed by atoms with Crippen molar-refractivity contribution in [2.75, 3.05) is 5.75 Å². The molecule has 0 unspecified atom stereocenters. The lowest BCUT2D eigenvalue weighted by atomic mass is 10.1. The molecule has 0 spiro atoms. The molecule has 0 radical (unpaired) electrons. The minimum atomic E-state index is -0.944. The fraction of sp³-hybridized carbons (Fsp3) is 0.471. The van der Waals surface area contributed by atoms with E-state index < -0.39 is 41.7 Å². The smallest absolute Gasteiger partial charge is 0.303 e. The highest BCUT2D eigenvalue weighted by atomic mass is 32.2. The number of carbonyl (C=O) groups excluding carboxylic acids is 3. The van der Waals surface area contributed by atoms with Gasteiger partial charge in [-0.1, -0.05) is 18.2 Å². The molecule has 1 aliphatic heterocycles. The third-order valence-electron chi connectivity index (χ3n) is 3.30. The van der Waals surface area contributed by atoms with Crippen LogP contribution in [0.25, 0.3) is 0 Å². The van der Waals surface area contributed by atoms with Crippen molar-refractivity contribution in [3.05, 3.63) is 30.3 Å². The minimum absolute atomic E-state index is 0.340. The number of benzene rings is 1. The zero-order valence-electron chi connectivity index (χ0n) is 14.2. The molecule has 1 aromatic carbocycles. The molecule has 1 saturated heterocycles. The average molecular weight is 368 g/mol. The maximum absolute atomic E-state index is 11.5. The Bertz CT molecular complexity index is 619. The lowest BCUT2D eigenvalue weighted by Gasteiger charge is -2.39. The first kappa shape index (κ1) is 19.1. The zero-order valence-corrected chi connectivity index (χ0v) is 15.0. The van der Waals surface area contributed by atoms with E-state index in [9.17, 15) is 14.4 Å². The first-order valence-corrected chi connectivity index (χ1v) is 8.76. The fourth-order valence-corrected chi connectivity index (χ4v) is 3.66. The predicted octanol–water partition coefficient (Wildman–Crippen LogP) is 1.93. The van der Waals surface area contributed by atoms with E-state index >= 15 is 0 Å². The Balaban J connectivity index is 2.25. The maximum Gasteiger partial charge on any atom is 0.303 e. The molecule has 1 heterocycles. The third-order valence-corrected chi connectivity index (χ3v) is 4.51. The first-order chi connectivity index (χ1) is 11.9. The third kappa shape index (κ3) is 5.67. The van der Waals surface area contributed by atoms with Crippen molar-refractivity contribution in [3.63, 3.8) is 0 Å². The molecule has 0 aliphatic carbocycles. The van der Waals surface area contributed by atoms with Gasteiger partial charge >= 0.3 is 17.9 Å². The SMILES string of the molecule is CC(=O)O[C@@H]1[C@@H](OC(C)=O)[C@H](OC(C)=O)CS[C@H]1Oc1ccccc1. The molecule has 8 heteroatoms. The summed E-state index contributed by atoms with van der Waals surface area (Å²) in [6.07, 6.45) is -2.59. The van der Waals surface area contributed by atoms with Gasteiger partial charge in [0.15, 0.2) is 23.7 Å². The number of thioether (sulfide) groups is 1. The van der Waals surface area contributed by atoms with Crippen LogP contribution >= 0.6 is 11.8 Å². The summed E-state index contributed by atoms with van der Waals surface area (Å²) in [6, 6.07) is 9.02. The number of rotatable bonds is 5. The Morgan fingerprint density at radius 3 is 2.00 bits per heavy atom. The lowest BCUT2D eigenvalue weighted by molar-refractivity contribution is -0.186. The van der Waals surface area contributed by atoms with Gasteiger partial charge in [-0.2, -0.15) is 0 Å². The van der Waals surface area contributed by atoms with Gasteiger partial charge in [0.2, 0.25) is 0 Å². The molecule has 7 nitrogen and oxygen atoms in total. The Labute approximate surface area is 150 Å². The second kappa shape index (κ2) is 8.75. The Morgan fingerprint density at radius 1 is 0.880 bits per heavy atom. The van der Waals surface area contributed by atoms with Crippen LogP contribution in [0.15, 0.2) is 30.3 Å². The van der Waals surface area contributed by atoms with Gasteiger partial charge in [-0.25, -0.2) is 0 Å². The number of hydrogen-bond acceptors (Lipinski definition) is 8. The molecule has 0 N–H and O–H groups in total. The van der Waals surface area contributed by atoms with E-state index in [1.54, 1.807) is 12.1 Å². The number of hydrogen-bond donors (Lipinski definition) is 0. The van der Waals surface area contributed by atoms with Crippen LogP contribution in [0.2, 0.25) is 0 Å². The molecule has 0 saturated carbocycles. The molecular formula is C17H20O7S. The summed E-state index contributed by atoms with van der Waals surface area (Å²) in [7, 11) is 0. The molecule has 1 aliphatic rings. The Hall–Kier alpha value is -2.22. The summed E-state index contributed by atoms with van der Waals surface area (Å²) in [4.78, 5) is 34.4. The van der Waals surface area contributed by atoms with Gasteiger partial charge in [0.1, 0.15) is 5.75 Å². The van der Waals surface area contributed by atoms with Crippen LogP contribution in [0.4, 0.5) is 0 Å². The quantitative estimate of drug-likeness (QED) is 0.575. The Kier molecular flexibility index (Phi) is 6.69. The molecule has 0 bridgehead atoms. The van der Waals surface area contributed by atoms with Gasteiger partial charge in [0, 0.05) is 26.5 Å². The highest BCUT2D eigenvalue weighted by Gasteiger charge is 2.47. The lowest BCUT2D eigenvalue weighted by Crippen LogP contribution is -2.55. The average Bonchev–Trinajstić information content (AvgIpc) is 2.52. The largest absolute Gasteiger partial charge is 0.476 e. The zero-order chi connectivity index (χ0) is 18.4. The maximum atomic E-state index is 11.5. The molecular weight excluding hydrogens is 348 g/mol. The number of para-hydroxylation sites is 1. The van der Waals surface area contributed by atoms with Crippen molar-refractivity contribution >= 4 is 29.7 Å². The van der Waals surface area contributed by atoms with Gasteiger partial charge in [0.25, 0.3) is 0 Å². The molecule has 25 heavy (non-hydrogen) atoms. The van der Waals surface area contributed by atoms with Gasteiger partial charge < -0.3 is 18.9 Å². The van der Waals surface area contributed by atoms with Gasteiger partial charge in [-0.15, -0.1) is 11.8 Å². The summed E-state index contributed by atoms with van der Waals surface area (Å²) in [5, 5.41) is 0. The second-order valence-electron chi connectivity index (χ2n) is 5.43. The number of esters is 3. The molecule has 1 aromatic rings. The summed E-state index contributed by atoms with van der Waals surface area (Å²) in [5.74, 6) is -0.693. The van der Waals surface area contributed by atoms with Crippen molar-refractivity contribution in [3.8, 4) is 5.75 Å². The van der Waals surface area contributed by atoms with E-state index in [2.05, 4.69) is 0 Å². The van der Waals surface area contributed by atoms with E-state index in [-0.39, 0.29) is 0 Å². The topological polar surface area (TPSA) is 88.1 Å². The molecule has 1 fully saturated rings. The Morgan fingerprint density at radius 2 is 1.44 bits per heavy atom. The van der Waals surface area contributed by atoms with Crippen molar-refractivity contribution in [2.24, 2.45) is 0 Å². The molecule has 136 valence electrons. The van der Waals surface area contributed by atoms with E-state index in [0.717, 1.165) is 0 Å². The van der Waals surface area contributed by atoms with E-state index in [4.69, 9.17) is 18.9 Å². The van der Waals surface area contributed by atoms with Crippen molar-refractivity contribution < 1.29 is 33.3 Å². The van der Waals surface area contributed by atoms with Crippen LogP contribution < -0.4 is 4.74 Å². The highest BCUT2D eigenvalue weighted by Crippen LogP contribution is 2.34. The second-order valence-corrected chi connectivity index (χ2v) is 6.56. The van der Waals surface area contributed by atoms with Crippen LogP contribution in [0.3, 0.4) is 0 Å². The van der Waals surface area contributed by atoms with Crippen LogP contribution in [-0.2, 0) is 28.6 Å². The van der Waals surface area contributed by atoms with Crippen LogP contribution in [0.5, 0.6) is 5.75 Å². The minimum Gasteiger partial charge on any atom is -0.476 e. The summed E-state index contributed by atoms with van der Waals surface area (Å²) in [5.41, 5.74) is -0.609. The van der Waals surface area contributed by atoms with Gasteiger partial charge in [-0.05, 0) is 12.1 Å². The summed E-state index contributed by atoms with van der Waals surface area (Å²) >= 11 is 1.32. The van der Waals surface area contributed by atoms with Crippen LogP contribution in [0, 0.1) is 0 Å². The summed E-state index contributed by atoms with van der Waals surface area (Å²) < 4.78 is 21.8. The highest BCUT2D eigenvalue weighted by molar-refractivity contribution is 7.99. The van der Waals surface area contributed by atoms with Crippen molar-refractivity contribution in [1.29, 1.82) is 0 Å². The van der Waals surface area contributed by atoms with E-state index in [0.29, 0.717) is 11.5 Å². The van der Waals surface area contributed by atoms with Crippen molar-refractivity contribution in [1.82, 2.24) is 0 Å². The fourth-order valence-electron chi connectivity index (χ4n) is 2.44. The molecule has 4 atom stereocenters. The van der Waals surface area contributed by atoms with Gasteiger partial charge in [-0.3, -0.25) is 14.4 Å². The van der Waals surface area contributed by atoms with Gasteiger partial charge in [0.05, 0.1) is 0 Å². The normalized spacial score (nSPS) is 25.6. The van der Waals surface area contributed by atoms with E-state index in [1.807, 2.05) is 18.2 Å². The van der Waals surface area contributed by atoms with E-state index in [1.165, 1.54) is 32.5 Å². The summed E-state index contributed by atoms with van der Waals surface area (Å²) in [6.45, 7) is 3.76. The first-order valence-electron chi connectivity index (χ1n) is 7.71. The number of ether oxygens (including phenoxy) is 4. The molecule has 2 rings (SSSR count). The monoisotopic (exact) mass is 368 g/mol.